The molecule has 0 saturated carbocycles. The smallest absolute Gasteiger partial charge is 0.422 e. The fourth-order valence-electron chi connectivity index (χ4n) is 6.65. The average molecular weight is 814 g/mol. The van der Waals surface area contributed by atoms with Crippen LogP contribution in [-0.4, -0.2) is 79.3 Å². The number of nitrogens with zero attached hydrogens (tertiary/aromatic N) is 7. The Morgan fingerprint density at radius 3 is 2.14 bits per heavy atom. The van der Waals surface area contributed by atoms with Crippen molar-refractivity contribution in [1.29, 1.82) is 0 Å². The molecule has 1 amide bonds. The van der Waals surface area contributed by atoms with Gasteiger partial charge in [-0.15, -0.1) is 0 Å². The molecule has 1 aliphatic rings. The average Bonchev–Trinajstić information content (AvgIpc) is 3.87. The topological polar surface area (TPSA) is 112 Å². The summed E-state index contributed by atoms with van der Waals surface area (Å²) in [5.74, 6) is 0.748. The van der Waals surface area contributed by atoms with Gasteiger partial charge in [0.05, 0.1) is 23.5 Å². The molecule has 0 spiro atoms. The maximum absolute atomic E-state index is 14.2. The molecule has 1 aliphatic heterocycles. The normalized spacial score (nSPS) is 13.8. The Labute approximate surface area is 332 Å². The van der Waals surface area contributed by atoms with E-state index in [0.29, 0.717) is 56.3 Å². The van der Waals surface area contributed by atoms with Crippen molar-refractivity contribution in [2.45, 2.75) is 25.4 Å². The maximum atomic E-state index is 14.2. The summed E-state index contributed by atoms with van der Waals surface area (Å²) in [4.78, 5) is 31.1. The molecule has 1 fully saturated rings. The second-order valence-electron chi connectivity index (χ2n) is 13.8. The summed E-state index contributed by atoms with van der Waals surface area (Å²) >= 11 is 0. The van der Waals surface area contributed by atoms with Crippen LogP contribution in [0.3, 0.4) is 0 Å². The highest BCUT2D eigenvalue weighted by atomic mass is 19.4. The Hall–Kier alpha value is -6.75. The lowest BCUT2D eigenvalue weighted by Crippen LogP contribution is -2.48. The minimum atomic E-state index is -4.47. The molecule has 8 rings (SSSR count). The first kappa shape index (κ1) is 39.1. The van der Waals surface area contributed by atoms with Gasteiger partial charge in [0.2, 0.25) is 11.7 Å². The lowest BCUT2D eigenvalue weighted by molar-refractivity contribution is -0.153. The number of benzene rings is 4. The van der Waals surface area contributed by atoms with E-state index in [0.717, 1.165) is 34.2 Å². The number of carbonyl (C=O) groups is 1. The summed E-state index contributed by atoms with van der Waals surface area (Å²) in [5, 5.41) is 4.69. The zero-order chi connectivity index (χ0) is 41.1. The lowest BCUT2D eigenvalue weighted by atomic mass is 10.1. The Bertz CT molecular complexity index is 2530. The van der Waals surface area contributed by atoms with E-state index >= 15 is 0 Å². The first-order valence-corrected chi connectivity index (χ1v) is 18.3. The van der Waals surface area contributed by atoms with Gasteiger partial charge in [0.15, 0.2) is 6.61 Å². The molecule has 0 N–H and O–H groups in total. The molecule has 4 aromatic carbocycles. The van der Waals surface area contributed by atoms with E-state index in [4.69, 9.17) is 14.0 Å². The van der Waals surface area contributed by atoms with Gasteiger partial charge in [-0.1, -0.05) is 59.8 Å². The molecule has 0 aliphatic carbocycles. The quantitative estimate of drug-likeness (QED) is 0.118. The van der Waals surface area contributed by atoms with E-state index in [9.17, 15) is 31.1 Å². The van der Waals surface area contributed by atoms with Crippen molar-refractivity contribution in [3.8, 4) is 40.4 Å². The van der Waals surface area contributed by atoms with Gasteiger partial charge >= 0.3 is 12.4 Å². The highest BCUT2D eigenvalue weighted by molar-refractivity contribution is 5.99. The van der Waals surface area contributed by atoms with Crippen molar-refractivity contribution >= 4 is 16.8 Å². The lowest BCUT2D eigenvalue weighted by Gasteiger charge is -2.35. The zero-order valence-electron chi connectivity index (χ0n) is 31.0. The third-order valence-corrected chi connectivity index (χ3v) is 9.64. The number of carbonyl (C=O) groups excluding carboxylic acids is 1. The molecule has 17 heteroatoms. The highest BCUT2D eigenvalue weighted by Crippen LogP contribution is 2.32. The van der Waals surface area contributed by atoms with Crippen LogP contribution in [0.25, 0.3) is 33.9 Å². The summed E-state index contributed by atoms with van der Waals surface area (Å²) in [6, 6.07) is 28.0. The van der Waals surface area contributed by atoms with Crippen LogP contribution in [0.4, 0.5) is 26.3 Å². The number of rotatable bonds is 11. The van der Waals surface area contributed by atoms with Crippen molar-refractivity contribution in [2.24, 2.45) is 0 Å². The largest absolute Gasteiger partial charge is 0.484 e. The molecule has 59 heavy (non-hydrogen) atoms. The fraction of sp³-hybridized carbons (Fsp3) is 0.214. The van der Waals surface area contributed by atoms with Crippen molar-refractivity contribution in [1.82, 2.24) is 34.5 Å². The first-order chi connectivity index (χ1) is 28.3. The van der Waals surface area contributed by atoms with E-state index in [1.807, 2.05) is 58.0 Å². The predicted molar refractivity (Wildman–Crippen MR) is 202 cm³/mol. The molecule has 7 aromatic rings. The van der Waals surface area contributed by atoms with E-state index in [1.165, 1.54) is 36.7 Å². The number of hydrogen-bond acceptors (Lipinski definition) is 9. The van der Waals surface area contributed by atoms with E-state index < -0.39 is 24.5 Å². The summed E-state index contributed by atoms with van der Waals surface area (Å²) < 4.78 is 94.6. The van der Waals surface area contributed by atoms with Crippen LogP contribution in [0.15, 0.2) is 120 Å². The van der Waals surface area contributed by atoms with Crippen molar-refractivity contribution in [2.75, 3.05) is 32.8 Å². The van der Waals surface area contributed by atoms with Crippen LogP contribution in [0.5, 0.6) is 17.4 Å². The number of ether oxygens (including phenoxy) is 2. The van der Waals surface area contributed by atoms with Crippen LogP contribution in [0.1, 0.15) is 27.2 Å². The number of aromatic nitrogens is 5. The molecule has 0 radical (unpaired) electrons. The third-order valence-electron chi connectivity index (χ3n) is 9.64. The Kier molecular flexibility index (Phi) is 10.8. The summed E-state index contributed by atoms with van der Waals surface area (Å²) in [6.45, 7) is 1.85. The summed E-state index contributed by atoms with van der Waals surface area (Å²) in [7, 11) is 0. The zero-order valence-corrected chi connectivity index (χ0v) is 31.0. The van der Waals surface area contributed by atoms with Gasteiger partial charge in [0.1, 0.15) is 22.9 Å². The summed E-state index contributed by atoms with van der Waals surface area (Å²) in [5.41, 5.74) is 2.97. The number of fused-ring (bicyclic) bond motifs is 1. The van der Waals surface area contributed by atoms with Crippen LogP contribution < -0.4 is 9.47 Å². The van der Waals surface area contributed by atoms with Gasteiger partial charge in [0.25, 0.3) is 11.8 Å². The number of alkyl halides is 6. The minimum absolute atomic E-state index is 0.0175. The van der Waals surface area contributed by atoms with Gasteiger partial charge in [-0.2, -0.15) is 31.3 Å². The van der Waals surface area contributed by atoms with Crippen molar-refractivity contribution in [3.63, 3.8) is 0 Å². The molecule has 1 saturated heterocycles. The van der Waals surface area contributed by atoms with Crippen LogP contribution in [-0.2, 0) is 19.3 Å². The second-order valence-corrected chi connectivity index (χ2v) is 13.8. The molecule has 302 valence electrons. The maximum Gasteiger partial charge on any atom is 0.422 e. The van der Waals surface area contributed by atoms with Crippen LogP contribution in [0.2, 0.25) is 0 Å². The minimum Gasteiger partial charge on any atom is -0.484 e. The van der Waals surface area contributed by atoms with E-state index in [-0.39, 0.29) is 34.9 Å². The Balaban J connectivity index is 0.949. The number of amides is 1. The first-order valence-electron chi connectivity index (χ1n) is 18.3. The predicted octanol–water partition coefficient (Wildman–Crippen LogP) is 8.91. The fourth-order valence-corrected chi connectivity index (χ4v) is 6.65. The van der Waals surface area contributed by atoms with Gasteiger partial charge in [-0.3, -0.25) is 9.69 Å². The highest BCUT2D eigenvalue weighted by Gasteiger charge is 2.31. The van der Waals surface area contributed by atoms with Gasteiger partial charge in [-0.05, 0) is 53.6 Å². The van der Waals surface area contributed by atoms with Crippen molar-refractivity contribution < 1.29 is 45.1 Å². The molecule has 11 nitrogen and oxygen atoms in total. The Morgan fingerprint density at radius 1 is 0.746 bits per heavy atom. The standard InChI is InChI=1S/C42H33F6N7O4/c43-41(44,45)26-57-32-13-6-28(7-14-32)24-53-16-18-54(19-17-53)40(56)36-20-30-10-15-33(21-35(30)55(36)25-27-4-2-1-3-5-27)58-37-23-49-34(22-50-37)39-51-38(52-59-39)29-8-11-31(12-9-29)42(46,47)48/h1-15,20-23H,16-19,24-26H2. The number of halogens is 6. The van der Waals surface area contributed by atoms with Gasteiger partial charge < -0.3 is 23.5 Å². The third kappa shape index (κ3) is 9.36. The second kappa shape index (κ2) is 16.2. The molecular weight excluding hydrogens is 780 g/mol. The number of piperazine rings is 1. The molecule has 0 unspecified atom stereocenters. The van der Waals surface area contributed by atoms with E-state index in [2.05, 4.69) is 25.0 Å². The molecule has 0 bridgehead atoms. The molecule has 4 heterocycles. The van der Waals surface area contributed by atoms with Crippen molar-refractivity contribution in [3.05, 3.63) is 138 Å². The van der Waals surface area contributed by atoms with Gasteiger partial charge in [-0.25, -0.2) is 9.97 Å². The summed E-state index contributed by atoms with van der Waals surface area (Å²) in [6.07, 6.45) is -6.12. The number of hydrogen-bond donors (Lipinski definition) is 0. The molecule has 0 atom stereocenters. The SMILES string of the molecule is O=C(c1cc2ccc(Oc3cnc(-c4nc(-c5ccc(C(F)(F)F)cc5)no4)cn3)cc2n1Cc1ccccc1)N1CCN(Cc2ccc(OCC(F)(F)F)cc2)CC1. The van der Waals surface area contributed by atoms with Crippen LogP contribution >= 0.6 is 0 Å². The molecular formula is C42H33F6N7O4. The monoisotopic (exact) mass is 813 g/mol. The van der Waals surface area contributed by atoms with E-state index in [1.54, 1.807) is 18.2 Å². The van der Waals surface area contributed by atoms with Crippen LogP contribution in [0, 0.1) is 0 Å². The molecule has 3 aromatic heterocycles. The Morgan fingerprint density at radius 2 is 1.46 bits per heavy atom. The van der Waals surface area contributed by atoms with Gasteiger partial charge in [0, 0.05) is 56.3 Å².